The molecular weight excluding hydrogens is 265 g/mol. The van der Waals surface area contributed by atoms with Crippen molar-refractivity contribution in [2.45, 2.75) is 39.2 Å². The van der Waals surface area contributed by atoms with Gasteiger partial charge in [0.15, 0.2) is 0 Å². The highest BCUT2D eigenvalue weighted by atomic mass is 16.7. The van der Waals surface area contributed by atoms with E-state index in [2.05, 4.69) is 11.9 Å². The Hall–Kier alpha value is -1.75. The maximum Gasteiger partial charge on any atom is 0.563 e. The molecule has 2 aliphatic rings. The molecular formula is C16H20BNO3. The monoisotopic (exact) mass is 285 g/mol. The zero-order valence-electron chi connectivity index (χ0n) is 12.7. The standard InChI is InChI=1S/C16H20BNO3/c1-10-5-8-13(18-15(19)12-6-7-12)9-14(10)17-20-11(2)16(3,4)21-17/h5,8-9,12H,2,6-7H2,1,3-4H3,(H,18,19). The Kier molecular flexibility index (Phi) is 3.32. The van der Waals surface area contributed by atoms with Crippen molar-refractivity contribution in [3.63, 3.8) is 0 Å². The molecule has 1 aromatic carbocycles. The van der Waals surface area contributed by atoms with Gasteiger partial charge in [-0.15, -0.1) is 0 Å². The highest BCUT2D eigenvalue weighted by Crippen LogP contribution is 2.31. The third-order valence-electron chi connectivity index (χ3n) is 4.07. The summed E-state index contributed by atoms with van der Waals surface area (Å²) < 4.78 is 11.6. The zero-order chi connectivity index (χ0) is 15.2. The van der Waals surface area contributed by atoms with Gasteiger partial charge in [0.2, 0.25) is 5.91 Å². The summed E-state index contributed by atoms with van der Waals surface area (Å²) in [5, 5.41) is 2.95. The molecule has 0 radical (unpaired) electrons. The fraction of sp³-hybridized carbons (Fsp3) is 0.438. The molecule has 1 aromatic rings. The number of aryl methyl sites for hydroxylation is 1. The Morgan fingerprint density at radius 2 is 2.14 bits per heavy atom. The van der Waals surface area contributed by atoms with Gasteiger partial charge >= 0.3 is 7.12 Å². The van der Waals surface area contributed by atoms with Crippen molar-refractivity contribution >= 4 is 24.2 Å². The average molecular weight is 285 g/mol. The second-order valence-electron chi connectivity index (χ2n) is 6.34. The number of rotatable bonds is 3. The number of carbonyl (C=O) groups is 1. The fourth-order valence-electron chi connectivity index (χ4n) is 2.32. The zero-order valence-corrected chi connectivity index (χ0v) is 12.7. The summed E-state index contributed by atoms with van der Waals surface area (Å²) in [5.41, 5.74) is 2.28. The van der Waals surface area contributed by atoms with Crippen LogP contribution in [0.4, 0.5) is 5.69 Å². The second kappa shape index (κ2) is 4.91. The van der Waals surface area contributed by atoms with Gasteiger partial charge in [-0.05, 0) is 51.3 Å². The maximum absolute atomic E-state index is 11.9. The summed E-state index contributed by atoms with van der Waals surface area (Å²) >= 11 is 0. The van der Waals surface area contributed by atoms with Gasteiger partial charge in [0, 0.05) is 17.1 Å². The van der Waals surface area contributed by atoms with Crippen molar-refractivity contribution in [3.05, 3.63) is 36.1 Å². The number of amides is 1. The van der Waals surface area contributed by atoms with Crippen LogP contribution in [-0.2, 0) is 14.1 Å². The Morgan fingerprint density at radius 1 is 1.43 bits per heavy atom. The van der Waals surface area contributed by atoms with E-state index in [1.807, 2.05) is 39.0 Å². The molecule has 0 atom stereocenters. The molecule has 3 rings (SSSR count). The van der Waals surface area contributed by atoms with E-state index < -0.39 is 12.7 Å². The van der Waals surface area contributed by atoms with Gasteiger partial charge in [0.25, 0.3) is 0 Å². The van der Waals surface area contributed by atoms with Crippen LogP contribution in [0, 0.1) is 12.8 Å². The first kappa shape index (κ1) is 14.2. The van der Waals surface area contributed by atoms with Gasteiger partial charge in [-0.1, -0.05) is 12.6 Å². The van der Waals surface area contributed by atoms with Crippen LogP contribution >= 0.6 is 0 Å². The molecule has 2 fully saturated rings. The molecule has 0 spiro atoms. The summed E-state index contributed by atoms with van der Waals surface area (Å²) in [6.07, 6.45) is 1.99. The molecule has 5 heteroatoms. The molecule has 21 heavy (non-hydrogen) atoms. The molecule has 1 heterocycles. The lowest BCUT2D eigenvalue weighted by Crippen LogP contribution is -2.36. The highest BCUT2D eigenvalue weighted by molar-refractivity contribution is 6.63. The minimum Gasteiger partial charge on any atom is -0.534 e. The number of hydrogen-bond donors (Lipinski definition) is 1. The van der Waals surface area contributed by atoms with Gasteiger partial charge in [0.1, 0.15) is 5.60 Å². The third-order valence-corrected chi connectivity index (χ3v) is 4.07. The topological polar surface area (TPSA) is 47.6 Å². The van der Waals surface area contributed by atoms with Crippen LogP contribution < -0.4 is 10.8 Å². The average Bonchev–Trinajstić information content (AvgIpc) is 3.20. The van der Waals surface area contributed by atoms with Crippen LogP contribution in [0.5, 0.6) is 0 Å². The van der Waals surface area contributed by atoms with Crippen molar-refractivity contribution in [2.75, 3.05) is 5.32 Å². The molecule has 0 bridgehead atoms. The van der Waals surface area contributed by atoms with Crippen LogP contribution in [0.25, 0.3) is 0 Å². The first-order valence-corrected chi connectivity index (χ1v) is 7.32. The van der Waals surface area contributed by atoms with E-state index in [1.54, 1.807) is 0 Å². The largest absolute Gasteiger partial charge is 0.563 e. The maximum atomic E-state index is 11.9. The predicted octanol–water partition coefficient (Wildman–Crippen LogP) is 2.38. The van der Waals surface area contributed by atoms with E-state index in [9.17, 15) is 4.79 Å². The van der Waals surface area contributed by atoms with Crippen molar-refractivity contribution in [3.8, 4) is 0 Å². The van der Waals surface area contributed by atoms with Gasteiger partial charge < -0.3 is 14.6 Å². The van der Waals surface area contributed by atoms with Crippen molar-refractivity contribution < 1.29 is 14.1 Å². The summed E-state index contributed by atoms with van der Waals surface area (Å²) in [4.78, 5) is 11.9. The summed E-state index contributed by atoms with van der Waals surface area (Å²) in [5.74, 6) is 0.912. The molecule has 0 unspecified atom stereocenters. The minimum atomic E-state index is -0.496. The molecule has 4 nitrogen and oxygen atoms in total. The Morgan fingerprint density at radius 3 is 2.71 bits per heavy atom. The lowest BCUT2D eigenvalue weighted by molar-refractivity contribution is -0.117. The number of benzene rings is 1. The molecule has 110 valence electrons. The molecule has 1 amide bonds. The van der Waals surface area contributed by atoms with Gasteiger partial charge in [-0.3, -0.25) is 4.79 Å². The molecule has 1 N–H and O–H groups in total. The SMILES string of the molecule is C=C1OB(c2cc(NC(=O)C3CC3)ccc2C)OC1(C)C. The van der Waals surface area contributed by atoms with Gasteiger partial charge in [0.05, 0.1) is 5.76 Å². The molecule has 1 saturated heterocycles. The Labute approximate surface area is 125 Å². The van der Waals surface area contributed by atoms with Crippen molar-refractivity contribution in [1.29, 1.82) is 0 Å². The van der Waals surface area contributed by atoms with Crippen LogP contribution in [0.2, 0.25) is 0 Å². The summed E-state index contributed by atoms with van der Waals surface area (Å²) in [6, 6.07) is 5.81. The van der Waals surface area contributed by atoms with E-state index in [0.29, 0.717) is 5.76 Å². The van der Waals surface area contributed by atoms with Crippen LogP contribution in [0.1, 0.15) is 32.3 Å². The van der Waals surface area contributed by atoms with Gasteiger partial charge in [-0.25, -0.2) is 0 Å². The van der Waals surface area contributed by atoms with Crippen LogP contribution in [0.15, 0.2) is 30.5 Å². The molecule has 1 aliphatic heterocycles. The van der Waals surface area contributed by atoms with Gasteiger partial charge in [-0.2, -0.15) is 0 Å². The predicted molar refractivity (Wildman–Crippen MR) is 83.3 cm³/mol. The van der Waals surface area contributed by atoms with E-state index in [4.69, 9.17) is 9.31 Å². The summed E-state index contributed by atoms with van der Waals surface area (Å²) in [6.45, 7) is 9.77. The molecule has 1 saturated carbocycles. The molecule has 1 aliphatic carbocycles. The minimum absolute atomic E-state index is 0.0998. The summed E-state index contributed by atoms with van der Waals surface area (Å²) in [7, 11) is -0.467. The van der Waals surface area contributed by atoms with E-state index in [1.165, 1.54) is 0 Å². The lowest BCUT2D eigenvalue weighted by atomic mass is 9.76. The lowest BCUT2D eigenvalue weighted by Gasteiger charge is -2.16. The van der Waals surface area contributed by atoms with E-state index >= 15 is 0 Å². The smallest absolute Gasteiger partial charge is 0.534 e. The van der Waals surface area contributed by atoms with E-state index in [0.717, 1.165) is 29.6 Å². The van der Waals surface area contributed by atoms with E-state index in [-0.39, 0.29) is 11.8 Å². The van der Waals surface area contributed by atoms with Crippen LogP contribution in [-0.4, -0.2) is 18.6 Å². The van der Waals surface area contributed by atoms with Crippen molar-refractivity contribution in [1.82, 2.24) is 0 Å². The number of anilines is 1. The Balaban J connectivity index is 1.81. The first-order chi connectivity index (χ1) is 9.87. The molecule has 0 aromatic heterocycles. The number of carbonyl (C=O) groups excluding carboxylic acids is 1. The first-order valence-electron chi connectivity index (χ1n) is 7.32. The third kappa shape index (κ3) is 2.83. The van der Waals surface area contributed by atoms with Crippen LogP contribution in [0.3, 0.4) is 0 Å². The normalized spacial score (nSPS) is 20.3. The quantitative estimate of drug-likeness (QED) is 0.867. The second-order valence-corrected chi connectivity index (χ2v) is 6.34. The Bertz CT molecular complexity index is 608. The fourth-order valence-corrected chi connectivity index (χ4v) is 2.32. The number of nitrogens with one attached hydrogen (secondary N) is 1. The highest BCUT2D eigenvalue weighted by Gasteiger charge is 2.43. The van der Waals surface area contributed by atoms with Crippen molar-refractivity contribution in [2.24, 2.45) is 5.92 Å². The number of hydrogen-bond acceptors (Lipinski definition) is 3.